The number of aromatic nitrogens is 7. The number of fused-ring (bicyclic) bond motifs is 10. The molecule has 7 nitrogen and oxygen atoms in total. The molecular formula is C49H31N7. The van der Waals surface area contributed by atoms with Crippen LogP contribution in [0.2, 0.25) is 0 Å². The van der Waals surface area contributed by atoms with E-state index in [0.29, 0.717) is 17.7 Å². The Morgan fingerprint density at radius 2 is 0.768 bits per heavy atom. The SMILES string of the molecule is c1ccc(-c2nc(-n3c4ccccc4c4c5c(ccc43)ccn5-c3ccccc3)nc(-n3c4ccccc4c4c5c(ccc43)ccn5-c3ccccc3)n2)cc1. The molecule has 0 radical (unpaired) electrons. The Balaban J connectivity index is 1.19. The Hall–Kier alpha value is -7.77. The maximum absolute atomic E-state index is 5.43. The van der Waals surface area contributed by atoms with E-state index in [0.717, 1.165) is 71.6 Å². The van der Waals surface area contributed by atoms with E-state index in [1.165, 1.54) is 10.8 Å². The zero-order valence-electron chi connectivity index (χ0n) is 30.0. The zero-order chi connectivity index (χ0) is 36.7. The third kappa shape index (κ3) is 4.42. The van der Waals surface area contributed by atoms with E-state index in [2.05, 4.69) is 188 Å². The molecule has 0 spiro atoms. The second-order valence-corrected chi connectivity index (χ2v) is 14.2. The maximum atomic E-state index is 5.43. The Kier molecular flexibility index (Phi) is 6.50. The summed E-state index contributed by atoms with van der Waals surface area (Å²) < 4.78 is 8.98. The molecule has 0 aliphatic heterocycles. The van der Waals surface area contributed by atoms with Gasteiger partial charge in [-0.05, 0) is 60.7 Å². The number of nitrogens with zero attached hydrogens (tertiary/aromatic N) is 7. The second kappa shape index (κ2) is 11.9. The molecule has 262 valence electrons. The highest BCUT2D eigenvalue weighted by Crippen LogP contribution is 2.40. The van der Waals surface area contributed by atoms with Crippen LogP contribution in [0.1, 0.15) is 0 Å². The second-order valence-electron chi connectivity index (χ2n) is 14.2. The summed E-state index contributed by atoms with van der Waals surface area (Å²) in [6.45, 7) is 0. The van der Waals surface area contributed by atoms with Crippen LogP contribution in [0, 0.1) is 0 Å². The summed E-state index contributed by atoms with van der Waals surface area (Å²) in [6, 6.07) is 61.6. The first-order chi connectivity index (χ1) is 27.8. The highest BCUT2D eigenvalue weighted by Gasteiger charge is 2.23. The number of rotatable bonds is 5. The van der Waals surface area contributed by atoms with Gasteiger partial charge in [-0.1, -0.05) is 115 Å². The van der Waals surface area contributed by atoms with Gasteiger partial charge in [-0.15, -0.1) is 0 Å². The van der Waals surface area contributed by atoms with Crippen LogP contribution in [-0.2, 0) is 0 Å². The fourth-order valence-corrected chi connectivity index (χ4v) is 8.67. The van der Waals surface area contributed by atoms with E-state index in [-0.39, 0.29) is 0 Å². The van der Waals surface area contributed by atoms with Crippen LogP contribution in [0.25, 0.3) is 100 Å². The number of benzene rings is 7. The van der Waals surface area contributed by atoms with E-state index in [1.54, 1.807) is 0 Å². The summed E-state index contributed by atoms with van der Waals surface area (Å²) in [7, 11) is 0. The van der Waals surface area contributed by atoms with Gasteiger partial charge in [0.1, 0.15) is 0 Å². The van der Waals surface area contributed by atoms with Crippen molar-refractivity contribution in [3.63, 3.8) is 0 Å². The number of hydrogen-bond donors (Lipinski definition) is 0. The molecule has 5 aromatic heterocycles. The lowest BCUT2D eigenvalue weighted by atomic mass is 10.1. The molecule has 0 bridgehead atoms. The van der Waals surface area contributed by atoms with Crippen molar-refractivity contribution < 1.29 is 0 Å². The Labute approximate surface area is 320 Å². The topological polar surface area (TPSA) is 58.4 Å². The van der Waals surface area contributed by atoms with E-state index in [1.807, 2.05) is 18.2 Å². The maximum Gasteiger partial charge on any atom is 0.240 e. The third-order valence-electron chi connectivity index (χ3n) is 11.1. The van der Waals surface area contributed by atoms with Gasteiger partial charge in [0, 0.05) is 61.6 Å². The minimum absolute atomic E-state index is 0.553. The molecule has 0 amide bonds. The van der Waals surface area contributed by atoms with Gasteiger partial charge in [0.25, 0.3) is 0 Å². The number of para-hydroxylation sites is 4. The Morgan fingerprint density at radius 3 is 1.25 bits per heavy atom. The van der Waals surface area contributed by atoms with Crippen molar-refractivity contribution in [2.75, 3.05) is 0 Å². The van der Waals surface area contributed by atoms with Crippen LogP contribution in [0.15, 0.2) is 188 Å². The summed E-state index contributed by atoms with van der Waals surface area (Å²) in [5.41, 5.74) is 9.53. The van der Waals surface area contributed by atoms with Crippen molar-refractivity contribution in [3.05, 3.63) is 188 Å². The molecule has 7 aromatic carbocycles. The Bertz CT molecular complexity index is 3250. The molecule has 12 rings (SSSR count). The highest BCUT2D eigenvalue weighted by atomic mass is 15.3. The lowest BCUT2D eigenvalue weighted by Crippen LogP contribution is -2.10. The van der Waals surface area contributed by atoms with Crippen molar-refractivity contribution in [3.8, 4) is 34.7 Å². The predicted molar refractivity (Wildman–Crippen MR) is 228 cm³/mol. The average Bonchev–Trinajstić information content (AvgIpc) is 4.05. The van der Waals surface area contributed by atoms with Gasteiger partial charge >= 0.3 is 0 Å². The minimum atomic E-state index is 0.553. The standard InChI is InChI=1S/C49H31N7/c1-4-14-34(15-5-1)47-50-48(55-39-22-12-10-20-37(39)43-41(55)26-24-32-28-30-53(45(32)43)35-16-6-2-7-17-35)52-49(51-47)56-40-23-13-11-21-38(40)44-42(56)27-25-33-29-31-54(46(33)44)36-18-8-3-9-19-36/h1-31H. The van der Waals surface area contributed by atoms with E-state index >= 15 is 0 Å². The van der Waals surface area contributed by atoms with Gasteiger partial charge in [-0.25, -0.2) is 0 Å². The van der Waals surface area contributed by atoms with Crippen molar-refractivity contribution >= 4 is 65.4 Å². The van der Waals surface area contributed by atoms with Gasteiger partial charge in [-0.2, -0.15) is 15.0 Å². The smallest absolute Gasteiger partial charge is 0.240 e. The molecule has 12 aromatic rings. The summed E-state index contributed by atoms with van der Waals surface area (Å²) in [5.74, 6) is 1.71. The Morgan fingerprint density at radius 1 is 0.339 bits per heavy atom. The normalized spacial score (nSPS) is 11.9. The molecule has 0 saturated heterocycles. The van der Waals surface area contributed by atoms with E-state index < -0.39 is 0 Å². The molecule has 0 aliphatic rings. The van der Waals surface area contributed by atoms with Crippen LogP contribution < -0.4 is 0 Å². The fourth-order valence-electron chi connectivity index (χ4n) is 8.67. The predicted octanol–water partition coefficient (Wildman–Crippen LogP) is 11.6. The van der Waals surface area contributed by atoms with Gasteiger partial charge in [0.2, 0.25) is 11.9 Å². The van der Waals surface area contributed by atoms with Gasteiger partial charge in [0.15, 0.2) is 5.82 Å². The van der Waals surface area contributed by atoms with Crippen molar-refractivity contribution in [1.29, 1.82) is 0 Å². The molecule has 0 N–H and O–H groups in total. The molecule has 0 fully saturated rings. The molecule has 0 aliphatic carbocycles. The first-order valence-corrected chi connectivity index (χ1v) is 18.8. The van der Waals surface area contributed by atoms with Gasteiger partial charge in [-0.3, -0.25) is 9.13 Å². The third-order valence-corrected chi connectivity index (χ3v) is 11.1. The van der Waals surface area contributed by atoms with Crippen molar-refractivity contribution in [1.82, 2.24) is 33.2 Å². The largest absolute Gasteiger partial charge is 0.316 e. The lowest BCUT2D eigenvalue weighted by Gasteiger charge is -2.13. The van der Waals surface area contributed by atoms with Crippen molar-refractivity contribution in [2.24, 2.45) is 0 Å². The molecule has 0 unspecified atom stereocenters. The first-order valence-electron chi connectivity index (χ1n) is 18.8. The van der Waals surface area contributed by atoms with E-state index in [4.69, 9.17) is 15.0 Å². The number of hydrogen-bond acceptors (Lipinski definition) is 3. The summed E-state index contributed by atoms with van der Waals surface area (Å²) in [6.07, 6.45) is 4.32. The molecule has 5 heterocycles. The quantitative estimate of drug-likeness (QED) is 0.178. The highest BCUT2D eigenvalue weighted by molar-refractivity contribution is 6.22. The van der Waals surface area contributed by atoms with Crippen LogP contribution in [0.3, 0.4) is 0 Å². The van der Waals surface area contributed by atoms with Crippen LogP contribution in [0.5, 0.6) is 0 Å². The van der Waals surface area contributed by atoms with Crippen LogP contribution in [-0.4, -0.2) is 33.2 Å². The first kappa shape index (κ1) is 30.7. The molecule has 0 atom stereocenters. The fraction of sp³-hybridized carbons (Fsp3) is 0. The van der Waals surface area contributed by atoms with Gasteiger partial charge in [0.05, 0.1) is 33.1 Å². The molecule has 56 heavy (non-hydrogen) atoms. The van der Waals surface area contributed by atoms with Crippen LogP contribution >= 0.6 is 0 Å². The zero-order valence-corrected chi connectivity index (χ0v) is 30.0. The average molecular weight is 718 g/mol. The van der Waals surface area contributed by atoms with Crippen LogP contribution in [0.4, 0.5) is 0 Å². The molecule has 0 saturated carbocycles. The molecule has 7 heteroatoms. The summed E-state index contributed by atoms with van der Waals surface area (Å²) in [5, 5.41) is 6.90. The van der Waals surface area contributed by atoms with Crippen molar-refractivity contribution in [2.45, 2.75) is 0 Å². The summed E-state index contributed by atoms with van der Waals surface area (Å²) >= 11 is 0. The summed E-state index contributed by atoms with van der Waals surface area (Å²) in [4.78, 5) is 16.0. The lowest BCUT2D eigenvalue weighted by molar-refractivity contribution is 0.893. The van der Waals surface area contributed by atoms with E-state index in [9.17, 15) is 0 Å². The van der Waals surface area contributed by atoms with Gasteiger partial charge < -0.3 is 9.13 Å². The molecular weight excluding hydrogens is 687 g/mol. The monoisotopic (exact) mass is 717 g/mol. The minimum Gasteiger partial charge on any atom is -0.316 e.